The summed E-state index contributed by atoms with van der Waals surface area (Å²) in [5.41, 5.74) is 4.21. The molecular formula is C23H24BrN3O7. The van der Waals surface area contributed by atoms with Crippen molar-refractivity contribution in [3.8, 4) is 11.5 Å². The Labute approximate surface area is 204 Å². The zero-order chi connectivity index (χ0) is 24.8. The number of amides is 3. The van der Waals surface area contributed by atoms with Gasteiger partial charge >= 0.3 is 5.97 Å². The number of aryl methyl sites for hydroxylation is 1. The van der Waals surface area contributed by atoms with Crippen molar-refractivity contribution in [1.29, 1.82) is 0 Å². The van der Waals surface area contributed by atoms with Crippen LogP contribution in [0.5, 0.6) is 11.5 Å². The second kappa shape index (κ2) is 11.0. The second-order valence-corrected chi connectivity index (χ2v) is 8.42. The van der Waals surface area contributed by atoms with Gasteiger partial charge in [0.1, 0.15) is 11.5 Å². The van der Waals surface area contributed by atoms with Gasteiger partial charge in [-0.25, -0.2) is 0 Å². The summed E-state index contributed by atoms with van der Waals surface area (Å²) in [6.07, 6.45) is -0.145. The lowest BCUT2D eigenvalue weighted by Gasteiger charge is -2.18. The van der Waals surface area contributed by atoms with Gasteiger partial charge in [-0.2, -0.15) is 0 Å². The molecule has 3 amide bonds. The first-order chi connectivity index (χ1) is 16.2. The fourth-order valence-corrected chi connectivity index (χ4v) is 3.52. The summed E-state index contributed by atoms with van der Waals surface area (Å²) < 4.78 is 16.3. The van der Waals surface area contributed by atoms with Crippen LogP contribution >= 0.6 is 15.9 Å². The highest BCUT2D eigenvalue weighted by molar-refractivity contribution is 9.10. The van der Waals surface area contributed by atoms with E-state index in [1.165, 1.54) is 26.4 Å². The number of rotatable bonds is 8. The van der Waals surface area contributed by atoms with Crippen LogP contribution in [0.4, 0.5) is 5.69 Å². The van der Waals surface area contributed by atoms with E-state index in [0.717, 1.165) is 15.0 Å². The lowest BCUT2D eigenvalue weighted by molar-refractivity contribution is -0.151. The molecular weight excluding hydrogens is 510 g/mol. The lowest BCUT2D eigenvalue weighted by atomic mass is 10.1. The second-order valence-electron chi connectivity index (χ2n) is 7.57. The average molecular weight is 534 g/mol. The van der Waals surface area contributed by atoms with Crippen LogP contribution in [-0.2, 0) is 19.1 Å². The molecule has 1 fully saturated rings. The molecule has 10 nitrogen and oxygen atoms in total. The maximum Gasteiger partial charge on any atom is 0.311 e. The molecule has 180 valence electrons. The number of benzene rings is 2. The summed E-state index contributed by atoms with van der Waals surface area (Å²) in [6.45, 7) is 1.32. The van der Waals surface area contributed by atoms with Gasteiger partial charge < -0.3 is 19.5 Å². The van der Waals surface area contributed by atoms with Gasteiger partial charge in [0.25, 0.3) is 11.8 Å². The van der Waals surface area contributed by atoms with Crippen molar-refractivity contribution in [1.82, 2.24) is 10.4 Å². The molecule has 1 aliphatic heterocycles. The van der Waals surface area contributed by atoms with E-state index < -0.39 is 36.2 Å². The first kappa shape index (κ1) is 25.0. The number of carbonyl (C=O) groups excluding carboxylic acids is 4. The Kier molecular flexibility index (Phi) is 8.11. The minimum atomic E-state index is -0.810. The van der Waals surface area contributed by atoms with Crippen LogP contribution in [0.1, 0.15) is 22.3 Å². The first-order valence-corrected chi connectivity index (χ1v) is 11.1. The number of anilines is 1. The summed E-state index contributed by atoms with van der Waals surface area (Å²) in [6, 6.07) is 9.89. The first-order valence-electron chi connectivity index (χ1n) is 10.3. The van der Waals surface area contributed by atoms with Crippen LogP contribution in [-0.4, -0.2) is 56.1 Å². The van der Waals surface area contributed by atoms with Crippen molar-refractivity contribution in [3.63, 3.8) is 0 Å². The maximum atomic E-state index is 12.6. The molecule has 0 saturated carbocycles. The van der Waals surface area contributed by atoms with Crippen molar-refractivity contribution in [2.24, 2.45) is 5.92 Å². The van der Waals surface area contributed by atoms with Crippen molar-refractivity contribution in [2.45, 2.75) is 13.3 Å². The topological polar surface area (TPSA) is 123 Å². The van der Waals surface area contributed by atoms with E-state index in [2.05, 4.69) is 26.7 Å². The quantitative estimate of drug-likeness (QED) is 0.499. The maximum absolute atomic E-state index is 12.6. The van der Waals surface area contributed by atoms with Gasteiger partial charge in [0, 0.05) is 28.2 Å². The van der Waals surface area contributed by atoms with Gasteiger partial charge in [-0.05, 0) is 42.8 Å². The van der Waals surface area contributed by atoms with Gasteiger partial charge in [0.15, 0.2) is 6.61 Å². The van der Waals surface area contributed by atoms with Gasteiger partial charge in [0.05, 0.1) is 26.7 Å². The molecule has 0 bridgehead atoms. The van der Waals surface area contributed by atoms with Gasteiger partial charge in [-0.1, -0.05) is 15.9 Å². The molecule has 1 saturated heterocycles. The number of hydrazine groups is 1. The third-order valence-electron chi connectivity index (χ3n) is 5.10. The predicted octanol–water partition coefficient (Wildman–Crippen LogP) is 2.45. The SMILES string of the molecule is COc1cc(OC)cc(C(=O)NN2C[C@H](C(=O)OCC(=O)Nc3ccc(Br)c(C)c3)CC2=O)c1. The average Bonchev–Trinajstić information content (AvgIpc) is 3.19. The van der Waals surface area contributed by atoms with Crippen molar-refractivity contribution in [2.75, 3.05) is 32.7 Å². The molecule has 3 rings (SSSR count). The Morgan fingerprint density at radius 3 is 2.38 bits per heavy atom. The smallest absolute Gasteiger partial charge is 0.311 e. The van der Waals surface area contributed by atoms with Crippen LogP contribution in [0.3, 0.4) is 0 Å². The molecule has 0 spiro atoms. The van der Waals surface area contributed by atoms with Crippen LogP contribution in [0.2, 0.25) is 0 Å². The van der Waals surface area contributed by atoms with E-state index in [1.807, 2.05) is 6.92 Å². The van der Waals surface area contributed by atoms with Crippen LogP contribution in [0, 0.1) is 12.8 Å². The zero-order valence-corrected chi connectivity index (χ0v) is 20.4. The molecule has 0 aliphatic carbocycles. The molecule has 1 heterocycles. The number of nitrogens with zero attached hydrogens (tertiary/aromatic N) is 1. The Hall–Kier alpha value is -3.60. The molecule has 0 aromatic heterocycles. The number of carbonyl (C=O) groups is 4. The van der Waals surface area contributed by atoms with E-state index in [9.17, 15) is 19.2 Å². The summed E-state index contributed by atoms with van der Waals surface area (Å²) in [7, 11) is 2.91. The van der Waals surface area contributed by atoms with E-state index in [1.54, 1.807) is 24.3 Å². The van der Waals surface area contributed by atoms with Crippen LogP contribution < -0.4 is 20.2 Å². The largest absolute Gasteiger partial charge is 0.497 e. The lowest BCUT2D eigenvalue weighted by Crippen LogP contribution is -2.43. The molecule has 1 atom stereocenters. The highest BCUT2D eigenvalue weighted by Gasteiger charge is 2.36. The molecule has 11 heteroatoms. The molecule has 2 aromatic rings. The Morgan fingerprint density at radius 1 is 1.09 bits per heavy atom. The number of ether oxygens (including phenoxy) is 3. The van der Waals surface area contributed by atoms with Crippen molar-refractivity contribution >= 4 is 45.3 Å². The fraction of sp³-hybridized carbons (Fsp3) is 0.304. The third kappa shape index (κ3) is 6.25. The highest BCUT2D eigenvalue weighted by atomic mass is 79.9. The fourth-order valence-electron chi connectivity index (χ4n) is 3.27. The van der Waals surface area contributed by atoms with Crippen molar-refractivity contribution < 1.29 is 33.4 Å². The number of methoxy groups -OCH3 is 2. The number of halogens is 1. The summed E-state index contributed by atoms with van der Waals surface area (Å²) >= 11 is 3.38. The van der Waals surface area contributed by atoms with Crippen molar-refractivity contribution in [3.05, 3.63) is 52.0 Å². The monoisotopic (exact) mass is 533 g/mol. The van der Waals surface area contributed by atoms with E-state index in [-0.39, 0.29) is 18.5 Å². The molecule has 34 heavy (non-hydrogen) atoms. The minimum Gasteiger partial charge on any atom is -0.497 e. The number of hydrogen-bond acceptors (Lipinski definition) is 7. The Morgan fingerprint density at radius 2 is 1.76 bits per heavy atom. The Balaban J connectivity index is 1.52. The van der Waals surface area contributed by atoms with Gasteiger partial charge in [-0.15, -0.1) is 0 Å². The summed E-state index contributed by atoms with van der Waals surface area (Å²) in [4.78, 5) is 49.4. The number of hydrogen-bond donors (Lipinski definition) is 2. The summed E-state index contributed by atoms with van der Waals surface area (Å²) in [5, 5.41) is 3.70. The van der Waals surface area contributed by atoms with E-state index in [0.29, 0.717) is 17.2 Å². The van der Waals surface area contributed by atoms with Crippen LogP contribution in [0.25, 0.3) is 0 Å². The van der Waals surface area contributed by atoms with Crippen LogP contribution in [0.15, 0.2) is 40.9 Å². The van der Waals surface area contributed by atoms with E-state index in [4.69, 9.17) is 14.2 Å². The number of nitrogens with one attached hydrogen (secondary N) is 2. The predicted molar refractivity (Wildman–Crippen MR) is 125 cm³/mol. The molecule has 0 unspecified atom stereocenters. The molecule has 2 N–H and O–H groups in total. The molecule has 2 aromatic carbocycles. The zero-order valence-electron chi connectivity index (χ0n) is 18.8. The standard InChI is InChI=1S/C23H24BrN3O7/c1-13-6-16(4-5-19(13)24)25-20(28)12-34-23(31)15-9-21(29)27(11-15)26-22(30)14-7-17(32-2)10-18(8-14)33-3/h4-8,10,15H,9,11-12H2,1-3H3,(H,25,28)(H,26,30)/t15-/m1/s1. The normalized spacial score (nSPS) is 15.0. The molecule has 1 aliphatic rings. The Bertz CT molecular complexity index is 1100. The highest BCUT2D eigenvalue weighted by Crippen LogP contribution is 2.24. The van der Waals surface area contributed by atoms with E-state index >= 15 is 0 Å². The molecule has 0 radical (unpaired) electrons. The van der Waals surface area contributed by atoms with Gasteiger partial charge in [0.2, 0.25) is 5.91 Å². The minimum absolute atomic E-state index is 0.0714. The van der Waals surface area contributed by atoms with Gasteiger partial charge in [-0.3, -0.25) is 29.6 Å². The number of esters is 1. The summed E-state index contributed by atoms with van der Waals surface area (Å²) in [5.74, 6) is -2.20. The third-order valence-corrected chi connectivity index (χ3v) is 5.99.